The number of halogens is 1. The molecule has 0 aromatic heterocycles. The molecule has 0 N–H and O–H groups in total. The standard InChI is InChI=1S/C7H13BrSi/c1-9(2,3)7-5-4-6-8/h6-7H2,1-3H3. The Balaban J connectivity index is 3.50. The zero-order valence-corrected chi connectivity index (χ0v) is 8.88. The molecule has 0 amide bonds. The zero-order chi connectivity index (χ0) is 7.33. The van der Waals surface area contributed by atoms with Crippen LogP contribution in [0.25, 0.3) is 0 Å². The highest BCUT2D eigenvalue weighted by Gasteiger charge is 2.09. The summed E-state index contributed by atoms with van der Waals surface area (Å²) in [4.78, 5) is 0. The van der Waals surface area contributed by atoms with E-state index in [1.54, 1.807) is 0 Å². The van der Waals surface area contributed by atoms with Crippen molar-refractivity contribution in [3.05, 3.63) is 0 Å². The Morgan fingerprint density at radius 2 is 1.78 bits per heavy atom. The van der Waals surface area contributed by atoms with Gasteiger partial charge in [-0.15, -0.1) is 5.92 Å². The number of alkyl halides is 1. The zero-order valence-electron chi connectivity index (χ0n) is 6.29. The molecule has 0 radical (unpaired) electrons. The van der Waals surface area contributed by atoms with Crippen molar-refractivity contribution in [2.24, 2.45) is 0 Å². The molecule has 52 valence electrons. The van der Waals surface area contributed by atoms with Gasteiger partial charge >= 0.3 is 0 Å². The van der Waals surface area contributed by atoms with Gasteiger partial charge in [0, 0.05) is 6.04 Å². The summed E-state index contributed by atoms with van der Waals surface area (Å²) < 4.78 is 0. The van der Waals surface area contributed by atoms with Crippen LogP contribution < -0.4 is 0 Å². The van der Waals surface area contributed by atoms with Crippen LogP contribution in [0.4, 0.5) is 0 Å². The highest BCUT2D eigenvalue weighted by atomic mass is 79.9. The lowest BCUT2D eigenvalue weighted by Gasteiger charge is -2.09. The fourth-order valence-electron chi connectivity index (χ4n) is 0.375. The first kappa shape index (κ1) is 9.26. The summed E-state index contributed by atoms with van der Waals surface area (Å²) in [6, 6.07) is 1.12. The molecule has 2 heteroatoms. The smallest absolute Gasteiger partial charge is 0.0645 e. The molecule has 0 rings (SSSR count). The Kier molecular flexibility index (Phi) is 4.25. The van der Waals surface area contributed by atoms with E-state index < -0.39 is 8.07 Å². The minimum absolute atomic E-state index is 0.817. The predicted octanol–water partition coefficient (Wildman–Crippen LogP) is 2.72. The van der Waals surface area contributed by atoms with Crippen molar-refractivity contribution >= 4 is 24.0 Å². The van der Waals surface area contributed by atoms with Crippen molar-refractivity contribution in [1.82, 2.24) is 0 Å². The highest BCUT2D eigenvalue weighted by molar-refractivity contribution is 9.09. The van der Waals surface area contributed by atoms with Gasteiger partial charge in [-0.3, -0.25) is 0 Å². The summed E-state index contributed by atoms with van der Waals surface area (Å²) >= 11 is 3.26. The molecule has 0 bridgehead atoms. The molecule has 0 spiro atoms. The molecule has 0 saturated carbocycles. The van der Waals surface area contributed by atoms with Crippen LogP contribution in [0.5, 0.6) is 0 Å². The van der Waals surface area contributed by atoms with Crippen molar-refractivity contribution in [3.8, 4) is 11.8 Å². The summed E-state index contributed by atoms with van der Waals surface area (Å²) in [5, 5.41) is 0.817. The monoisotopic (exact) mass is 204 g/mol. The lowest BCUT2D eigenvalue weighted by atomic mass is 10.7. The van der Waals surface area contributed by atoms with Gasteiger partial charge in [0.1, 0.15) is 0 Å². The van der Waals surface area contributed by atoms with Crippen LogP contribution in [0.2, 0.25) is 25.7 Å². The van der Waals surface area contributed by atoms with Crippen LogP contribution >= 0.6 is 15.9 Å². The van der Waals surface area contributed by atoms with E-state index in [4.69, 9.17) is 0 Å². The maximum Gasteiger partial charge on any atom is 0.0645 e. The molecular weight excluding hydrogens is 192 g/mol. The van der Waals surface area contributed by atoms with Crippen LogP contribution in [0.1, 0.15) is 0 Å². The Labute approximate surface area is 67.2 Å². The van der Waals surface area contributed by atoms with Gasteiger partial charge in [0.05, 0.1) is 13.4 Å². The molecule has 0 aromatic carbocycles. The molecule has 9 heavy (non-hydrogen) atoms. The second-order valence-electron chi connectivity index (χ2n) is 3.22. The van der Waals surface area contributed by atoms with E-state index in [0.717, 1.165) is 11.4 Å². The Morgan fingerprint density at radius 1 is 1.22 bits per heavy atom. The first-order valence-electron chi connectivity index (χ1n) is 3.08. The molecule has 0 aliphatic carbocycles. The second-order valence-corrected chi connectivity index (χ2v) is 9.26. The van der Waals surface area contributed by atoms with Crippen molar-refractivity contribution < 1.29 is 0 Å². The summed E-state index contributed by atoms with van der Waals surface area (Å²) in [7, 11) is -0.889. The SMILES string of the molecule is C[Si](C)(C)CC#CCBr. The predicted molar refractivity (Wildman–Crippen MR) is 49.7 cm³/mol. The fraction of sp³-hybridized carbons (Fsp3) is 0.714. The van der Waals surface area contributed by atoms with Gasteiger partial charge < -0.3 is 0 Å². The fourth-order valence-corrected chi connectivity index (χ4v) is 1.23. The minimum Gasteiger partial charge on any atom is -0.105 e. The Bertz CT molecular complexity index is 124. The van der Waals surface area contributed by atoms with Gasteiger partial charge in [-0.25, -0.2) is 0 Å². The van der Waals surface area contributed by atoms with Gasteiger partial charge in [-0.05, 0) is 0 Å². The van der Waals surface area contributed by atoms with Gasteiger partial charge in [0.25, 0.3) is 0 Å². The summed E-state index contributed by atoms with van der Waals surface area (Å²) in [6.45, 7) is 6.99. The normalized spacial score (nSPS) is 10.2. The van der Waals surface area contributed by atoms with E-state index in [1.165, 1.54) is 0 Å². The van der Waals surface area contributed by atoms with Crippen LogP contribution in [-0.4, -0.2) is 13.4 Å². The quantitative estimate of drug-likeness (QED) is 0.351. The molecule has 0 nitrogen and oxygen atoms in total. The number of hydrogen-bond donors (Lipinski definition) is 0. The van der Waals surface area contributed by atoms with E-state index in [0.29, 0.717) is 0 Å². The van der Waals surface area contributed by atoms with E-state index in [1.807, 2.05) is 0 Å². The molecule has 0 unspecified atom stereocenters. The van der Waals surface area contributed by atoms with Gasteiger partial charge in [0.15, 0.2) is 0 Å². The molecular formula is C7H13BrSi. The molecule has 0 saturated heterocycles. The van der Waals surface area contributed by atoms with Crippen LogP contribution in [0.3, 0.4) is 0 Å². The van der Waals surface area contributed by atoms with Gasteiger partial charge in [-0.1, -0.05) is 41.5 Å². The third-order valence-electron chi connectivity index (χ3n) is 0.811. The molecule has 0 atom stereocenters. The number of rotatable bonds is 1. The first-order valence-corrected chi connectivity index (χ1v) is 7.91. The first-order chi connectivity index (χ1) is 4.06. The largest absolute Gasteiger partial charge is 0.105 e. The second kappa shape index (κ2) is 4.13. The van der Waals surface area contributed by atoms with Crippen molar-refractivity contribution in [1.29, 1.82) is 0 Å². The lowest BCUT2D eigenvalue weighted by Crippen LogP contribution is -2.17. The molecule has 0 aliphatic heterocycles. The van der Waals surface area contributed by atoms with E-state index in [2.05, 4.69) is 47.4 Å². The van der Waals surface area contributed by atoms with Crippen LogP contribution in [0.15, 0.2) is 0 Å². The third kappa shape index (κ3) is 8.26. The minimum atomic E-state index is -0.889. The van der Waals surface area contributed by atoms with Gasteiger partial charge in [0.2, 0.25) is 0 Å². The van der Waals surface area contributed by atoms with Crippen molar-refractivity contribution in [2.45, 2.75) is 25.7 Å². The molecule has 0 fully saturated rings. The Hall–Kier alpha value is 0.257. The third-order valence-corrected chi connectivity index (χ3v) is 2.33. The topological polar surface area (TPSA) is 0 Å². The van der Waals surface area contributed by atoms with Gasteiger partial charge in [-0.2, -0.15) is 0 Å². The maximum atomic E-state index is 3.26. The van der Waals surface area contributed by atoms with E-state index >= 15 is 0 Å². The molecule has 0 aromatic rings. The molecule has 0 aliphatic rings. The van der Waals surface area contributed by atoms with Crippen LogP contribution in [0, 0.1) is 11.8 Å². The van der Waals surface area contributed by atoms with Crippen molar-refractivity contribution in [3.63, 3.8) is 0 Å². The highest BCUT2D eigenvalue weighted by Crippen LogP contribution is 2.05. The average Bonchev–Trinajstić information content (AvgIpc) is 1.63. The summed E-state index contributed by atoms with van der Waals surface area (Å²) in [6.07, 6.45) is 0. The maximum absolute atomic E-state index is 3.26. The lowest BCUT2D eigenvalue weighted by molar-refractivity contribution is 1.56. The summed E-state index contributed by atoms with van der Waals surface area (Å²) in [5.41, 5.74) is 0. The van der Waals surface area contributed by atoms with Crippen molar-refractivity contribution in [2.75, 3.05) is 5.33 Å². The molecule has 0 heterocycles. The number of hydrogen-bond acceptors (Lipinski definition) is 0. The van der Waals surface area contributed by atoms with E-state index in [-0.39, 0.29) is 0 Å². The summed E-state index contributed by atoms with van der Waals surface area (Å²) in [5.74, 6) is 6.15. The average molecular weight is 205 g/mol. The Morgan fingerprint density at radius 3 is 2.11 bits per heavy atom. The van der Waals surface area contributed by atoms with Crippen LogP contribution in [-0.2, 0) is 0 Å². The van der Waals surface area contributed by atoms with E-state index in [9.17, 15) is 0 Å².